The van der Waals surface area contributed by atoms with Gasteiger partial charge in [-0.05, 0) is 38.1 Å². The first-order chi connectivity index (χ1) is 10.6. The summed E-state index contributed by atoms with van der Waals surface area (Å²) in [5, 5.41) is 12.5. The number of benzene rings is 1. The molecule has 0 bridgehead atoms. The molecule has 1 aromatic carbocycles. The smallest absolute Gasteiger partial charge is 0.228 e. The SMILES string of the molecule is O=C(Nc1cc(-c2cccc(F)c2F)[nH]n1)C1CCNCC1. The Labute approximate surface area is 126 Å². The lowest BCUT2D eigenvalue weighted by atomic mass is 9.97. The van der Waals surface area contributed by atoms with Gasteiger partial charge in [-0.25, -0.2) is 8.78 Å². The van der Waals surface area contributed by atoms with E-state index in [2.05, 4.69) is 20.8 Å². The second kappa shape index (κ2) is 6.23. The molecule has 116 valence electrons. The maximum Gasteiger partial charge on any atom is 0.228 e. The van der Waals surface area contributed by atoms with Gasteiger partial charge >= 0.3 is 0 Å². The minimum atomic E-state index is -0.942. The number of rotatable bonds is 3. The molecule has 1 fully saturated rings. The van der Waals surface area contributed by atoms with E-state index in [0.717, 1.165) is 32.0 Å². The fourth-order valence-corrected chi connectivity index (χ4v) is 2.55. The van der Waals surface area contributed by atoms with Crippen molar-refractivity contribution in [2.24, 2.45) is 5.92 Å². The zero-order valence-electron chi connectivity index (χ0n) is 11.8. The Bertz CT molecular complexity index is 680. The number of hydrogen-bond acceptors (Lipinski definition) is 3. The molecule has 1 saturated heterocycles. The Balaban J connectivity index is 1.73. The molecule has 1 aliphatic rings. The predicted molar refractivity (Wildman–Crippen MR) is 78.2 cm³/mol. The maximum atomic E-state index is 13.7. The van der Waals surface area contributed by atoms with Gasteiger partial charge in [0.05, 0.1) is 5.69 Å². The van der Waals surface area contributed by atoms with Gasteiger partial charge in [0.1, 0.15) is 0 Å². The van der Waals surface area contributed by atoms with E-state index in [0.29, 0.717) is 11.5 Å². The molecule has 1 aliphatic heterocycles. The number of carbonyl (C=O) groups is 1. The van der Waals surface area contributed by atoms with E-state index >= 15 is 0 Å². The molecule has 3 N–H and O–H groups in total. The number of piperidine rings is 1. The van der Waals surface area contributed by atoms with Crippen LogP contribution in [0.5, 0.6) is 0 Å². The van der Waals surface area contributed by atoms with Crippen LogP contribution in [-0.4, -0.2) is 29.2 Å². The number of amides is 1. The number of aromatic nitrogens is 2. The Hall–Kier alpha value is -2.28. The zero-order valence-corrected chi connectivity index (χ0v) is 11.8. The van der Waals surface area contributed by atoms with Gasteiger partial charge in [0.25, 0.3) is 0 Å². The van der Waals surface area contributed by atoms with Gasteiger partial charge in [-0.3, -0.25) is 9.89 Å². The van der Waals surface area contributed by atoms with Crippen LogP contribution in [0.15, 0.2) is 24.3 Å². The molecule has 2 aromatic rings. The summed E-state index contributed by atoms with van der Waals surface area (Å²) in [6.45, 7) is 1.64. The summed E-state index contributed by atoms with van der Waals surface area (Å²) in [6.07, 6.45) is 1.56. The highest BCUT2D eigenvalue weighted by Gasteiger charge is 2.22. The monoisotopic (exact) mass is 306 g/mol. The van der Waals surface area contributed by atoms with Crippen LogP contribution in [0.4, 0.5) is 14.6 Å². The van der Waals surface area contributed by atoms with Crippen LogP contribution < -0.4 is 10.6 Å². The molecule has 0 aliphatic carbocycles. The van der Waals surface area contributed by atoms with Gasteiger partial charge in [0, 0.05) is 17.5 Å². The molecule has 22 heavy (non-hydrogen) atoms. The van der Waals surface area contributed by atoms with Crippen molar-refractivity contribution in [3.8, 4) is 11.3 Å². The average Bonchev–Trinajstić information content (AvgIpc) is 2.99. The average molecular weight is 306 g/mol. The van der Waals surface area contributed by atoms with Crippen LogP contribution in [0.25, 0.3) is 11.3 Å². The van der Waals surface area contributed by atoms with Crippen molar-refractivity contribution in [3.63, 3.8) is 0 Å². The number of carbonyl (C=O) groups excluding carboxylic acids is 1. The fraction of sp³-hybridized carbons (Fsp3) is 0.333. The molecule has 7 heteroatoms. The molecule has 5 nitrogen and oxygen atoms in total. The maximum absolute atomic E-state index is 13.7. The summed E-state index contributed by atoms with van der Waals surface area (Å²) in [5.74, 6) is -1.71. The minimum absolute atomic E-state index is 0.0488. The standard InChI is InChI=1S/C15H16F2N4O/c16-11-3-1-2-10(14(11)17)12-8-13(21-20-12)19-15(22)9-4-6-18-7-5-9/h1-3,8-9,18H,4-7H2,(H2,19,20,21,22). The lowest BCUT2D eigenvalue weighted by Crippen LogP contribution is -2.34. The third-order valence-corrected chi connectivity index (χ3v) is 3.78. The number of anilines is 1. The predicted octanol–water partition coefficient (Wildman–Crippen LogP) is 2.29. The molecule has 0 atom stereocenters. The fourth-order valence-electron chi connectivity index (χ4n) is 2.55. The first kappa shape index (κ1) is 14.6. The second-order valence-corrected chi connectivity index (χ2v) is 5.28. The number of nitrogens with one attached hydrogen (secondary N) is 3. The lowest BCUT2D eigenvalue weighted by Gasteiger charge is -2.21. The van der Waals surface area contributed by atoms with E-state index in [1.54, 1.807) is 0 Å². The number of nitrogens with zero attached hydrogens (tertiary/aromatic N) is 1. The first-order valence-corrected chi connectivity index (χ1v) is 7.16. The Morgan fingerprint density at radius 3 is 2.82 bits per heavy atom. The van der Waals surface area contributed by atoms with Crippen molar-refractivity contribution in [1.82, 2.24) is 15.5 Å². The van der Waals surface area contributed by atoms with Crippen LogP contribution in [-0.2, 0) is 4.79 Å². The molecular formula is C15H16F2N4O. The highest BCUT2D eigenvalue weighted by molar-refractivity contribution is 5.92. The molecular weight excluding hydrogens is 290 g/mol. The summed E-state index contributed by atoms with van der Waals surface area (Å²) in [5.41, 5.74) is 0.396. The highest BCUT2D eigenvalue weighted by atomic mass is 19.2. The quantitative estimate of drug-likeness (QED) is 0.815. The third kappa shape index (κ3) is 2.99. The Morgan fingerprint density at radius 1 is 1.27 bits per heavy atom. The van der Waals surface area contributed by atoms with Gasteiger partial charge in [0.15, 0.2) is 17.5 Å². The lowest BCUT2D eigenvalue weighted by molar-refractivity contribution is -0.120. The van der Waals surface area contributed by atoms with Crippen molar-refractivity contribution in [2.45, 2.75) is 12.8 Å². The molecule has 0 spiro atoms. The van der Waals surface area contributed by atoms with E-state index < -0.39 is 11.6 Å². The van der Waals surface area contributed by atoms with Gasteiger partial charge in [0.2, 0.25) is 5.91 Å². The zero-order chi connectivity index (χ0) is 15.5. The minimum Gasteiger partial charge on any atom is -0.317 e. The normalized spacial score (nSPS) is 15.7. The van der Waals surface area contributed by atoms with Crippen LogP contribution in [0, 0.1) is 17.6 Å². The largest absolute Gasteiger partial charge is 0.317 e. The van der Waals surface area contributed by atoms with E-state index in [-0.39, 0.29) is 17.4 Å². The van der Waals surface area contributed by atoms with Gasteiger partial charge in [-0.2, -0.15) is 5.10 Å². The summed E-state index contributed by atoms with van der Waals surface area (Å²) < 4.78 is 27.0. The first-order valence-electron chi connectivity index (χ1n) is 7.16. The molecule has 2 heterocycles. The van der Waals surface area contributed by atoms with Crippen LogP contribution in [0.3, 0.4) is 0 Å². The second-order valence-electron chi connectivity index (χ2n) is 5.28. The van der Waals surface area contributed by atoms with Gasteiger partial charge in [-0.1, -0.05) is 6.07 Å². The van der Waals surface area contributed by atoms with Gasteiger partial charge in [-0.15, -0.1) is 0 Å². The summed E-state index contributed by atoms with van der Waals surface area (Å²) in [6, 6.07) is 5.41. The number of hydrogen-bond donors (Lipinski definition) is 3. The molecule has 1 amide bonds. The molecule has 0 unspecified atom stereocenters. The van der Waals surface area contributed by atoms with Crippen molar-refractivity contribution >= 4 is 11.7 Å². The number of aromatic amines is 1. The molecule has 0 radical (unpaired) electrons. The summed E-state index contributed by atoms with van der Waals surface area (Å²) in [7, 11) is 0. The van der Waals surface area contributed by atoms with Crippen LogP contribution in [0.2, 0.25) is 0 Å². The van der Waals surface area contributed by atoms with E-state index in [4.69, 9.17) is 0 Å². The van der Waals surface area contributed by atoms with E-state index in [1.807, 2.05) is 0 Å². The van der Waals surface area contributed by atoms with Crippen molar-refractivity contribution in [3.05, 3.63) is 35.9 Å². The molecule has 3 rings (SSSR count). The van der Waals surface area contributed by atoms with Crippen LogP contribution >= 0.6 is 0 Å². The Morgan fingerprint density at radius 2 is 2.05 bits per heavy atom. The summed E-state index contributed by atoms with van der Waals surface area (Å²) >= 11 is 0. The van der Waals surface area contributed by atoms with Crippen molar-refractivity contribution in [1.29, 1.82) is 0 Å². The van der Waals surface area contributed by atoms with E-state index in [1.165, 1.54) is 18.2 Å². The highest BCUT2D eigenvalue weighted by Crippen LogP contribution is 2.25. The number of H-pyrrole nitrogens is 1. The van der Waals surface area contributed by atoms with Crippen molar-refractivity contribution in [2.75, 3.05) is 18.4 Å². The van der Waals surface area contributed by atoms with Crippen molar-refractivity contribution < 1.29 is 13.6 Å². The number of halogens is 2. The Kier molecular flexibility index (Phi) is 4.15. The molecule has 1 aromatic heterocycles. The topological polar surface area (TPSA) is 69.8 Å². The summed E-state index contributed by atoms with van der Waals surface area (Å²) in [4.78, 5) is 12.1. The molecule has 0 saturated carbocycles. The van der Waals surface area contributed by atoms with Gasteiger partial charge < -0.3 is 10.6 Å². The third-order valence-electron chi connectivity index (χ3n) is 3.78. The van der Waals surface area contributed by atoms with Crippen LogP contribution in [0.1, 0.15) is 12.8 Å². The van der Waals surface area contributed by atoms with E-state index in [9.17, 15) is 13.6 Å².